The van der Waals surface area contributed by atoms with E-state index in [1.54, 1.807) is 0 Å². The zero-order valence-corrected chi connectivity index (χ0v) is 40.9. The summed E-state index contributed by atoms with van der Waals surface area (Å²) in [5, 5.41) is 3.03. The molecule has 6 heteroatoms. The normalized spacial score (nSPS) is 19.4. The molecule has 6 rings (SSSR count). The molecule has 0 heterocycles. The minimum atomic E-state index is -4.99. The van der Waals surface area contributed by atoms with Gasteiger partial charge in [-0.15, -0.1) is 0 Å². The fourth-order valence-electron chi connectivity index (χ4n) is 9.45. The summed E-state index contributed by atoms with van der Waals surface area (Å²) in [6, 6.07) is 32.5. The summed E-state index contributed by atoms with van der Waals surface area (Å²) in [6.45, 7) is 29.3. The molecule has 0 saturated carbocycles. The Bertz CT molecular complexity index is 1920. The predicted octanol–water partition coefficient (Wildman–Crippen LogP) is 13.8. The van der Waals surface area contributed by atoms with E-state index in [1.807, 2.05) is 0 Å². The van der Waals surface area contributed by atoms with Crippen LogP contribution in [0.15, 0.2) is 96.1 Å². The second-order valence-corrected chi connectivity index (χ2v) is 70.9. The van der Waals surface area contributed by atoms with Gasteiger partial charge in [0.2, 0.25) is 0 Å². The molecule has 4 aromatic carbocycles. The molecule has 0 N–H and O–H groups in total. The van der Waals surface area contributed by atoms with Crippen molar-refractivity contribution in [2.45, 2.75) is 100 Å². The second-order valence-electron chi connectivity index (χ2n) is 18.4. The van der Waals surface area contributed by atoms with Gasteiger partial charge >= 0.3 is 330 Å². The number of fused-ring (bicyclic) bond motifs is 2. The third kappa shape index (κ3) is 6.62. The third-order valence-electron chi connectivity index (χ3n) is 12.8. The first-order chi connectivity index (χ1) is 24.4. The molecule has 0 spiro atoms. The minimum absolute atomic E-state index is 0.0849. The standard InChI is InChI=1S/2C22H27Si.C2H7Si.2ClH.Zr/c2*1-6-16(2)18-14-17-10-9-12-19(21(17)15-18)20-11-7-8-13-22(20)23(3,4)5;1-3-2;;;/h2*7-16H,6H2,1-5H3;3H,1-2H3;2*1H;/q;;;;;+2/p-2. The number of hydrogen-bond acceptors (Lipinski definition) is 0. The monoisotopic (exact) mass is 857 g/mol. The van der Waals surface area contributed by atoms with E-state index >= 15 is 0 Å². The Kier molecular flexibility index (Phi) is 11.2. The van der Waals surface area contributed by atoms with Gasteiger partial charge in [-0.2, -0.15) is 0 Å². The number of halogens is 2. The van der Waals surface area contributed by atoms with Crippen LogP contribution >= 0.6 is 17.0 Å². The number of allylic oxidation sites excluding steroid dienone is 2. The molecule has 0 radical (unpaired) electrons. The summed E-state index contributed by atoms with van der Waals surface area (Å²) in [7, 11) is 14.7. The summed E-state index contributed by atoms with van der Waals surface area (Å²) in [5.41, 5.74) is 14.0. The van der Waals surface area contributed by atoms with E-state index in [9.17, 15) is 0 Å². The molecular formula is C46H61Cl2Si3Zr. The zero-order chi connectivity index (χ0) is 38.0. The van der Waals surface area contributed by atoms with Crippen LogP contribution in [0.4, 0.5) is 0 Å². The van der Waals surface area contributed by atoms with Gasteiger partial charge in [-0.1, -0.05) is 0 Å². The van der Waals surface area contributed by atoms with Crippen molar-refractivity contribution < 1.29 is 15.6 Å². The maximum absolute atomic E-state index is 8.96. The van der Waals surface area contributed by atoms with E-state index in [-0.39, 0.29) is 7.25 Å². The van der Waals surface area contributed by atoms with Crippen molar-refractivity contribution in [2.24, 2.45) is 11.8 Å². The molecule has 0 saturated heterocycles. The molecule has 0 fully saturated rings. The third-order valence-corrected chi connectivity index (χ3v) is 68.6. The first-order valence-corrected chi connectivity index (χ1v) is 43.1. The van der Waals surface area contributed by atoms with Crippen LogP contribution in [0, 0.1) is 11.8 Å². The van der Waals surface area contributed by atoms with E-state index in [0.29, 0.717) is 11.8 Å². The number of hydrogen-bond donors (Lipinski definition) is 0. The Labute approximate surface area is 327 Å². The molecular weight excluding hydrogens is 799 g/mol. The first-order valence-electron chi connectivity index (χ1n) is 19.8. The van der Waals surface area contributed by atoms with Gasteiger partial charge in [-0.3, -0.25) is 0 Å². The molecule has 0 nitrogen and oxygen atoms in total. The molecule has 275 valence electrons. The van der Waals surface area contributed by atoms with Crippen LogP contribution in [0.3, 0.4) is 0 Å². The average molecular weight is 860 g/mol. The van der Waals surface area contributed by atoms with E-state index in [0.717, 1.165) is 12.8 Å². The number of benzene rings is 4. The SMILES string of the molecule is CCC(C)C1=Cc2c(-c3ccccc3[Si](C)(C)C)cccc2[CH]1[Zr]([Cl])([Cl])([CH]1C(C(C)CC)=Cc2c(-c3ccccc3[Si](C)(C)C)cccc21)[SiH](C)C. The summed E-state index contributed by atoms with van der Waals surface area (Å²) < 4.78 is 0.170. The fourth-order valence-corrected chi connectivity index (χ4v) is 43.9. The van der Waals surface area contributed by atoms with Crippen LogP contribution in [-0.2, 0) is 15.6 Å². The van der Waals surface area contributed by atoms with Crippen LogP contribution in [0.25, 0.3) is 34.4 Å². The molecule has 52 heavy (non-hydrogen) atoms. The molecule has 0 amide bonds. The summed E-state index contributed by atoms with van der Waals surface area (Å²) in [4.78, 5) is 0. The van der Waals surface area contributed by atoms with Crippen LogP contribution in [0.1, 0.15) is 70.0 Å². The van der Waals surface area contributed by atoms with Crippen LogP contribution < -0.4 is 10.4 Å². The fraction of sp³-hybridized carbons (Fsp3) is 0.391. The van der Waals surface area contributed by atoms with Crippen molar-refractivity contribution in [3.8, 4) is 22.3 Å². The molecule has 4 aromatic rings. The Morgan fingerprint density at radius 1 is 0.558 bits per heavy atom. The summed E-state index contributed by atoms with van der Waals surface area (Å²) in [5.74, 6) is -0.920. The van der Waals surface area contributed by atoms with Crippen molar-refractivity contribution in [3.63, 3.8) is 0 Å². The van der Waals surface area contributed by atoms with Gasteiger partial charge in [0.1, 0.15) is 0 Å². The van der Waals surface area contributed by atoms with Crippen molar-refractivity contribution in [3.05, 3.63) is 118 Å². The van der Waals surface area contributed by atoms with E-state index < -0.39 is 37.6 Å². The molecule has 4 atom stereocenters. The van der Waals surface area contributed by atoms with Crippen molar-refractivity contribution in [1.82, 2.24) is 0 Å². The number of rotatable bonds is 11. The van der Waals surface area contributed by atoms with Crippen LogP contribution in [0.5, 0.6) is 0 Å². The second kappa shape index (κ2) is 14.5. The maximum atomic E-state index is 8.96. The van der Waals surface area contributed by atoms with Crippen molar-refractivity contribution in [1.29, 1.82) is 0 Å². The summed E-state index contributed by atoms with van der Waals surface area (Å²) in [6.07, 6.45) is 7.29. The van der Waals surface area contributed by atoms with E-state index in [1.165, 1.54) is 66.0 Å². The van der Waals surface area contributed by atoms with Gasteiger partial charge in [-0.25, -0.2) is 0 Å². The first kappa shape index (κ1) is 40.1. The van der Waals surface area contributed by atoms with Gasteiger partial charge in [-0.05, 0) is 0 Å². The molecule has 2 aliphatic rings. The van der Waals surface area contributed by atoms with Gasteiger partial charge < -0.3 is 0 Å². The molecule has 0 aromatic heterocycles. The van der Waals surface area contributed by atoms with Crippen LogP contribution in [0.2, 0.25) is 52.4 Å². The molecule has 4 unspecified atom stereocenters. The van der Waals surface area contributed by atoms with Gasteiger partial charge in [0.25, 0.3) is 0 Å². The van der Waals surface area contributed by atoms with Gasteiger partial charge in [0.15, 0.2) is 0 Å². The summed E-state index contributed by atoms with van der Waals surface area (Å²) >= 11 is -4.99. The Balaban J connectivity index is 1.66. The molecule has 0 aliphatic heterocycles. The Morgan fingerprint density at radius 2 is 0.904 bits per heavy atom. The zero-order valence-electron chi connectivity index (χ0n) is 33.8. The Morgan fingerprint density at radius 3 is 1.23 bits per heavy atom. The van der Waals surface area contributed by atoms with Crippen molar-refractivity contribution in [2.75, 3.05) is 0 Å². The predicted molar refractivity (Wildman–Crippen MR) is 241 cm³/mol. The molecule has 2 aliphatic carbocycles. The van der Waals surface area contributed by atoms with Crippen molar-refractivity contribution >= 4 is 61.6 Å². The van der Waals surface area contributed by atoms with E-state index in [2.05, 4.69) is 177 Å². The topological polar surface area (TPSA) is 0 Å². The Hall–Kier alpha value is -1.53. The van der Waals surface area contributed by atoms with Gasteiger partial charge in [0.05, 0.1) is 0 Å². The van der Waals surface area contributed by atoms with Gasteiger partial charge in [0, 0.05) is 0 Å². The average Bonchev–Trinajstić information content (AvgIpc) is 3.71. The molecule has 0 bridgehead atoms. The van der Waals surface area contributed by atoms with E-state index in [4.69, 9.17) is 17.0 Å². The quantitative estimate of drug-likeness (QED) is 0.132. The van der Waals surface area contributed by atoms with Crippen LogP contribution in [-0.4, -0.2) is 22.1 Å².